The van der Waals surface area contributed by atoms with Crippen molar-refractivity contribution in [3.63, 3.8) is 0 Å². The third-order valence-electron chi connectivity index (χ3n) is 2.80. The predicted octanol–water partition coefficient (Wildman–Crippen LogP) is 9.17. The van der Waals surface area contributed by atoms with E-state index in [1.807, 2.05) is 131 Å². The van der Waals surface area contributed by atoms with Gasteiger partial charge < -0.3 is 9.47 Å². The highest BCUT2D eigenvalue weighted by Crippen LogP contribution is 1.97. The van der Waals surface area contributed by atoms with E-state index in [9.17, 15) is 9.59 Å². The molecule has 4 nitrogen and oxygen atoms in total. The topological polar surface area (TPSA) is 52.6 Å². The summed E-state index contributed by atoms with van der Waals surface area (Å²) >= 11 is 0. The molecule has 3 aromatic carbocycles. The molecule has 36 heavy (non-hydrogen) atoms. The molecule has 0 heterocycles. The van der Waals surface area contributed by atoms with Gasteiger partial charge in [0.2, 0.25) is 0 Å². The average Bonchev–Trinajstić information content (AvgIpc) is 2.95. The van der Waals surface area contributed by atoms with Crippen molar-refractivity contribution in [1.29, 1.82) is 0 Å². The highest BCUT2D eigenvalue weighted by Gasteiger charge is 1.92. The first-order valence-corrected chi connectivity index (χ1v) is 12.4. The van der Waals surface area contributed by atoms with E-state index in [4.69, 9.17) is 0 Å². The lowest BCUT2D eigenvalue weighted by Gasteiger charge is -1.89. The first-order chi connectivity index (χ1) is 17.4. The van der Waals surface area contributed by atoms with E-state index in [1.165, 1.54) is 20.5 Å². The minimum Gasteiger partial charge on any atom is -0.469 e. The molecule has 0 aliphatic rings. The SMILES string of the molecule is CC.CC.CC(=O)c1ccccc1.CCC.COC.COC(C)=O.c1ccccc1.c1ccccc1. The summed E-state index contributed by atoms with van der Waals surface area (Å²) in [6.45, 7) is 15.2. The number of Topliss-reactive ketones (excluding diaryl/α,β-unsaturated/α-hetero) is 1. The Balaban J connectivity index is -0.000000108. The number of ether oxygens (including phenoxy) is 2. The Labute approximate surface area is 222 Å². The molecule has 0 amide bonds. The van der Waals surface area contributed by atoms with E-state index >= 15 is 0 Å². The van der Waals surface area contributed by atoms with Crippen LogP contribution in [0.15, 0.2) is 103 Å². The van der Waals surface area contributed by atoms with Crippen LogP contribution in [0.1, 0.15) is 72.2 Å². The Morgan fingerprint density at radius 2 is 0.722 bits per heavy atom. The Kier molecular flexibility index (Phi) is 53.9. The van der Waals surface area contributed by atoms with Crippen LogP contribution < -0.4 is 0 Å². The van der Waals surface area contributed by atoms with E-state index in [-0.39, 0.29) is 11.8 Å². The van der Waals surface area contributed by atoms with Crippen molar-refractivity contribution in [2.24, 2.45) is 0 Å². The summed E-state index contributed by atoms with van der Waals surface area (Å²) < 4.78 is 8.36. The van der Waals surface area contributed by atoms with Crippen LogP contribution >= 0.6 is 0 Å². The minimum atomic E-state index is -0.245. The average molecular weight is 501 g/mol. The molecule has 0 N–H and O–H groups in total. The molecule has 0 aliphatic carbocycles. The number of benzene rings is 3. The second-order valence-electron chi connectivity index (χ2n) is 6.04. The van der Waals surface area contributed by atoms with E-state index in [0.717, 1.165) is 5.56 Å². The van der Waals surface area contributed by atoms with Gasteiger partial charge in [-0.1, -0.05) is 151 Å². The van der Waals surface area contributed by atoms with Crippen molar-refractivity contribution < 1.29 is 19.1 Å². The first kappa shape index (κ1) is 42.9. The minimum absolute atomic E-state index is 0.121. The number of carbonyl (C=O) groups is 2. The molecule has 0 fully saturated rings. The van der Waals surface area contributed by atoms with Crippen molar-refractivity contribution in [3.8, 4) is 0 Å². The quantitative estimate of drug-likeness (QED) is 0.247. The van der Waals surface area contributed by atoms with E-state index < -0.39 is 0 Å². The zero-order valence-electron chi connectivity index (χ0n) is 24.7. The monoisotopic (exact) mass is 500 g/mol. The molecule has 0 unspecified atom stereocenters. The maximum Gasteiger partial charge on any atom is 0.302 e. The largest absolute Gasteiger partial charge is 0.469 e. The number of methoxy groups -OCH3 is 2. The molecule has 0 spiro atoms. The molecule has 0 bridgehead atoms. The predicted molar refractivity (Wildman–Crippen MR) is 159 cm³/mol. The standard InChI is InChI=1S/C8H8O.2C6H6.C3H6O2.C3H8.C2H6O.2C2H6/c1-7(9)8-5-3-2-4-6-8;2*1-2-4-6-5-3-1;1-3(4)5-2;2*1-3-2;2*1-2/h2-6H,1H3;2*1-6H;1-2H3;3H2,1-2H3;1-2H3;2*1-2H3. The van der Waals surface area contributed by atoms with Gasteiger partial charge in [-0.3, -0.25) is 9.59 Å². The highest BCUT2D eigenvalue weighted by atomic mass is 16.5. The van der Waals surface area contributed by atoms with Gasteiger partial charge in [0, 0.05) is 26.7 Å². The highest BCUT2D eigenvalue weighted by molar-refractivity contribution is 5.93. The molecule has 3 aromatic rings. The molecular formula is C32H52O4. The van der Waals surface area contributed by atoms with Gasteiger partial charge >= 0.3 is 5.97 Å². The normalized spacial score (nSPS) is 7.19. The molecule has 204 valence electrons. The number of hydrogen-bond donors (Lipinski definition) is 0. The third kappa shape index (κ3) is 52.6. The van der Waals surface area contributed by atoms with Crippen LogP contribution in [0.3, 0.4) is 0 Å². The smallest absolute Gasteiger partial charge is 0.302 e. The first-order valence-electron chi connectivity index (χ1n) is 12.4. The summed E-state index contributed by atoms with van der Waals surface area (Å²) in [5.41, 5.74) is 0.775. The summed E-state index contributed by atoms with van der Waals surface area (Å²) in [5, 5.41) is 0. The molecule has 0 aromatic heterocycles. The lowest BCUT2D eigenvalue weighted by Crippen LogP contribution is -1.88. The van der Waals surface area contributed by atoms with Crippen LogP contribution in [0.4, 0.5) is 0 Å². The van der Waals surface area contributed by atoms with Gasteiger partial charge in [-0.2, -0.15) is 0 Å². The van der Waals surface area contributed by atoms with Crippen LogP contribution in [0.5, 0.6) is 0 Å². The van der Waals surface area contributed by atoms with Crippen LogP contribution in [-0.4, -0.2) is 33.1 Å². The molecule has 3 rings (SSSR count). The van der Waals surface area contributed by atoms with Gasteiger partial charge in [-0.05, 0) is 6.92 Å². The van der Waals surface area contributed by atoms with Crippen LogP contribution in [-0.2, 0) is 14.3 Å². The third-order valence-corrected chi connectivity index (χ3v) is 2.80. The molecule has 0 saturated heterocycles. The Morgan fingerprint density at radius 1 is 0.556 bits per heavy atom. The van der Waals surface area contributed by atoms with E-state index in [0.29, 0.717) is 0 Å². The maximum atomic E-state index is 10.6. The van der Waals surface area contributed by atoms with Crippen molar-refractivity contribution >= 4 is 11.8 Å². The van der Waals surface area contributed by atoms with Crippen LogP contribution in [0.25, 0.3) is 0 Å². The van der Waals surface area contributed by atoms with Crippen LogP contribution in [0.2, 0.25) is 0 Å². The fourth-order valence-electron chi connectivity index (χ4n) is 1.44. The summed E-state index contributed by atoms with van der Waals surface area (Å²) in [4.78, 5) is 20.2. The summed E-state index contributed by atoms with van der Waals surface area (Å²) in [6.07, 6.45) is 1.25. The van der Waals surface area contributed by atoms with E-state index in [1.54, 1.807) is 21.1 Å². The van der Waals surface area contributed by atoms with Gasteiger partial charge in [-0.25, -0.2) is 0 Å². The van der Waals surface area contributed by atoms with Gasteiger partial charge in [0.1, 0.15) is 0 Å². The zero-order valence-corrected chi connectivity index (χ0v) is 24.7. The number of hydrogen-bond acceptors (Lipinski definition) is 4. The zero-order chi connectivity index (χ0) is 28.9. The Bertz CT molecular complexity index is 628. The fraction of sp³-hybridized carbons (Fsp3) is 0.375. The van der Waals surface area contributed by atoms with Gasteiger partial charge in [-0.15, -0.1) is 0 Å². The molecule has 0 radical (unpaired) electrons. The van der Waals surface area contributed by atoms with Crippen molar-refractivity contribution in [1.82, 2.24) is 0 Å². The number of carbonyl (C=O) groups excluding carboxylic acids is 2. The van der Waals surface area contributed by atoms with Gasteiger partial charge in [0.25, 0.3) is 0 Å². The summed E-state index contributed by atoms with van der Waals surface area (Å²) in [5.74, 6) is -0.124. The lowest BCUT2D eigenvalue weighted by atomic mass is 10.2. The Hall–Kier alpha value is -3.24. The van der Waals surface area contributed by atoms with Crippen molar-refractivity contribution in [2.45, 2.75) is 61.8 Å². The fourth-order valence-corrected chi connectivity index (χ4v) is 1.44. The molecule has 0 saturated carbocycles. The van der Waals surface area contributed by atoms with E-state index in [2.05, 4.69) is 23.3 Å². The molecule has 4 heteroatoms. The second-order valence-corrected chi connectivity index (χ2v) is 6.04. The number of ketones is 1. The molecular weight excluding hydrogens is 448 g/mol. The summed E-state index contributed by atoms with van der Waals surface area (Å²) in [7, 11) is 4.60. The number of rotatable bonds is 1. The summed E-state index contributed by atoms with van der Waals surface area (Å²) in [6, 6.07) is 33.2. The number of esters is 1. The Morgan fingerprint density at radius 3 is 0.833 bits per heavy atom. The van der Waals surface area contributed by atoms with Gasteiger partial charge in [0.15, 0.2) is 5.78 Å². The second kappa shape index (κ2) is 45.3. The molecule has 0 atom stereocenters. The maximum absolute atomic E-state index is 10.6. The van der Waals surface area contributed by atoms with Crippen molar-refractivity contribution in [3.05, 3.63) is 109 Å². The van der Waals surface area contributed by atoms with Gasteiger partial charge in [0.05, 0.1) is 7.11 Å². The van der Waals surface area contributed by atoms with Crippen molar-refractivity contribution in [2.75, 3.05) is 21.3 Å². The lowest BCUT2D eigenvalue weighted by molar-refractivity contribution is -0.137. The molecule has 0 aliphatic heterocycles. The van der Waals surface area contributed by atoms with Crippen LogP contribution in [0, 0.1) is 0 Å².